The minimum absolute atomic E-state index is 0.165. The van der Waals surface area contributed by atoms with Crippen molar-refractivity contribution in [3.8, 4) is 11.5 Å². The molecular weight excluding hydrogens is 232 g/mol. The summed E-state index contributed by atoms with van der Waals surface area (Å²) >= 11 is 0. The van der Waals surface area contributed by atoms with Gasteiger partial charge in [0.15, 0.2) is 11.5 Å². The van der Waals surface area contributed by atoms with E-state index < -0.39 is 6.04 Å². The van der Waals surface area contributed by atoms with Gasteiger partial charge in [-0.25, -0.2) is 0 Å². The van der Waals surface area contributed by atoms with E-state index in [9.17, 15) is 4.79 Å². The molecule has 1 aliphatic rings. The Morgan fingerprint density at radius 3 is 2.83 bits per heavy atom. The van der Waals surface area contributed by atoms with Crippen LogP contribution in [0.3, 0.4) is 0 Å². The molecule has 1 amide bonds. The van der Waals surface area contributed by atoms with Crippen molar-refractivity contribution in [3.63, 3.8) is 0 Å². The van der Waals surface area contributed by atoms with E-state index in [0.717, 1.165) is 23.5 Å². The average molecular weight is 250 g/mol. The largest absolute Gasteiger partial charge is 0.490 e. The molecule has 2 rings (SSSR count). The Labute approximate surface area is 106 Å². The van der Waals surface area contributed by atoms with E-state index in [4.69, 9.17) is 15.2 Å². The quantitative estimate of drug-likeness (QED) is 0.832. The minimum Gasteiger partial charge on any atom is -0.490 e. The van der Waals surface area contributed by atoms with Crippen LogP contribution in [0.2, 0.25) is 0 Å². The van der Waals surface area contributed by atoms with E-state index in [-0.39, 0.29) is 5.91 Å². The number of ether oxygens (including phenoxy) is 2. The zero-order valence-corrected chi connectivity index (χ0v) is 10.4. The molecule has 1 heterocycles. The first-order chi connectivity index (χ1) is 8.66. The van der Waals surface area contributed by atoms with E-state index in [1.54, 1.807) is 6.92 Å². The Morgan fingerprint density at radius 1 is 1.39 bits per heavy atom. The molecule has 18 heavy (non-hydrogen) atoms. The van der Waals surface area contributed by atoms with Gasteiger partial charge in [-0.1, -0.05) is 6.07 Å². The highest BCUT2D eigenvalue weighted by molar-refractivity contribution is 5.80. The van der Waals surface area contributed by atoms with Gasteiger partial charge in [-0.3, -0.25) is 4.79 Å². The monoisotopic (exact) mass is 250 g/mol. The molecule has 1 atom stereocenters. The molecule has 98 valence electrons. The summed E-state index contributed by atoms with van der Waals surface area (Å²) in [5, 5.41) is 2.76. The molecule has 0 aromatic heterocycles. The standard InChI is InChI=1S/C13H18N2O3/c1-9(14)13(16)15-8-10-3-4-11-12(7-10)18-6-2-5-17-11/h3-4,7,9H,2,5-6,8,14H2,1H3,(H,15,16)/t9-/m1/s1. The Morgan fingerprint density at radius 2 is 2.11 bits per heavy atom. The normalized spacial score (nSPS) is 15.7. The van der Waals surface area contributed by atoms with E-state index in [2.05, 4.69) is 5.32 Å². The second-order valence-electron chi connectivity index (χ2n) is 4.34. The van der Waals surface area contributed by atoms with Crippen molar-refractivity contribution >= 4 is 5.91 Å². The Balaban J connectivity index is 2.02. The number of nitrogens with one attached hydrogen (secondary N) is 1. The Bertz CT molecular complexity index is 432. The van der Waals surface area contributed by atoms with Crippen molar-refractivity contribution in [1.82, 2.24) is 5.32 Å². The van der Waals surface area contributed by atoms with Crippen molar-refractivity contribution in [2.75, 3.05) is 13.2 Å². The van der Waals surface area contributed by atoms with Gasteiger partial charge < -0.3 is 20.5 Å². The lowest BCUT2D eigenvalue weighted by Gasteiger charge is -2.11. The van der Waals surface area contributed by atoms with Crippen LogP contribution in [0.1, 0.15) is 18.9 Å². The van der Waals surface area contributed by atoms with E-state index in [1.165, 1.54) is 0 Å². The predicted octanol–water partition coefficient (Wildman–Crippen LogP) is 0.811. The van der Waals surface area contributed by atoms with Crippen LogP contribution < -0.4 is 20.5 Å². The number of hydrogen-bond acceptors (Lipinski definition) is 4. The molecule has 5 nitrogen and oxygen atoms in total. The zero-order chi connectivity index (χ0) is 13.0. The SMILES string of the molecule is C[C@@H](N)C(=O)NCc1ccc2c(c1)OCCCO2. The Kier molecular flexibility index (Phi) is 4.04. The molecule has 0 aliphatic carbocycles. The van der Waals surface area contributed by atoms with Crippen molar-refractivity contribution in [1.29, 1.82) is 0 Å². The average Bonchev–Trinajstić information content (AvgIpc) is 2.60. The maximum absolute atomic E-state index is 11.4. The lowest BCUT2D eigenvalue weighted by molar-refractivity contribution is -0.122. The van der Waals surface area contributed by atoms with Gasteiger partial charge in [-0.15, -0.1) is 0 Å². The number of nitrogens with two attached hydrogens (primary N) is 1. The number of hydrogen-bond donors (Lipinski definition) is 2. The number of carbonyl (C=O) groups is 1. The van der Waals surface area contributed by atoms with Crippen LogP contribution in [0.15, 0.2) is 18.2 Å². The number of rotatable bonds is 3. The van der Waals surface area contributed by atoms with Gasteiger partial charge in [-0.05, 0) is 24.6 Å². The highest BCUT2D eigenvalue weighted by atomic mass is 16.5. The molecule has 0 radical (unpaired) electrons. The number of fused-ring (bicyclic) bond motifs is 1. The lowest BCUT2D eigenvalue weighted by Crippen LogP contribution is -2.37. The molecule has 1 aromatic rings. The van der Waals surface area contributed by atoms with E-state index in [1.807, 2.05) is 18.2 Å². The maximum atomic E-state index is 11.4. The van der Waals surface area contributed by atoms with Crippen LogP contribution in [-0.4, -0.2) is 25.2 Å². The molecule has 0 unspecified atom stereocenters. The van der Waals surface area contributed by atoms with Crippen LogP contribution in [0.4, 0.5) is 0 Å². The first kappa shape index (κ1) is 12.7. The first-order valence-corrected chi connectivity index (χ1v) is 6.08. The van der Waals surface area contributed by atoms with Crippen LogP contribution in [0.5, 0.6) is 11.5 Å². The number of amides is 1. The van der Waals surface area contributed by atoms with Gasteiger partial charge in [0.05, 0.1) is 19.3 Å². The van der Waals surface area contributed by atoms with Gasteiger partial charge >= 0.3 is 0 Å². The van der Waals surface area contributed by atoms with Gasteiger partial charge in [0.1, 0.15) is 0 Å². The summed E-state index contributed by atoms with van der Waals surface area (Å²) in [6.07, 6.45) is 0.880. The molecule has 3 N–H and O–H groups in total. The molecule has 5 heteroatoms. The molecule has 0 saturated heterocycles. The first-order valence-electron chi connectivity index (χ1n) is 6.08. The molecule has 0 saturated carbocycles. The van der Waals surface area contributed by atoms with Gasteiger partial charge in [0, 0.05) is 13.0 Å². The maximum Gasteiger partial charge on any atom is 0.236 e. The summed E-state index contributed by atoms with van der Waals surface area (Å²) < 4.78 is 11.1. The summed E-state index contributed by atoms with van der Waals surface area (Å²) in [6.45, 7) is 3.43. The van der Waals surface area contributed by atoms with Crippen molar-refractivity contribution in [3.05, 3.63) is 23.8 Å². The lowest BCUT2D eigenvalue weighted by atomic mass is 10.2. The fourth-order valence-electron chi connectivity index (χ4n) is 1.67. The van der Waals surface area contributed by atoms with Crippen molar-refractivity contribution < 1.29 is 14.3 Å². The Hall–Kier alpha value is -1.75. The topological polar surface area (TPSA) is 73.6 Å². The summed E-state index contributed by atoms with van der Waals surface area (Å²) in [5.41, 5.74) is 6.44. The molecule has 0 bridgehead atoms. The third-order valence-corrected chi connectivity index (χ3v) is 2.69. The van der Waals surface area contributed by atoms with Gasteiger partial charge in [-0.2, -0.15) is 0 Å². The summed E-state index contributed by atoms with van der Waals surface area (Å²) in [6, 6.07) is 5.18. The highest BCUT2D eigenvalue weighted by Gasteiger charge is 2.11. The third kappa shape index (κ3) is 3.13. The summed E-state index contributed by atoms with van der Waals surface area (Å²) in [7, 11) is 0. The van der Waals surface area contributed by atoms with Gasteiger partial charge in [0.2, 0.25) is 5.91 Å². The smallest absolute Gasteiger partial charge is 0.236 e. The van der Waals surface area contributed by atoms with E-state index in [0.29, 0.717) is 19.8 Å². The second-order valence-corrected chi connectivity index (χ2v) is 4.34. The molecule has 1 aromatic carbocycles. The van der Waals surface area contributed by atoms with E-state index >= 15 is 0 Å². The number of carbonyl (C=O) groups excluding carboxylic acids is 1. The molecule has 0 fully saturated rings. The van der Waals surface area contributed by atoms with Crippen LogP contribution >= 0.6 is 0 Å². The predicted molar refractivity (Wildman–Crippen MR) is 67.5 cm³/mol. The fraction of sp³-hybridized carbons (Fsp3) is 0.462. The minimum atomic E-state index is -0.495. The fourth-order valence-corrected chi connectivity index (χ4v) is 1.67. The van der Waals surface area contributed by atoms with Gasteiger partial charge in [0.25, 0.3) is 0 Å². The molecule has 1 aliphatic heterocycles. The third-order valence-electron chi connectivity index (χ3n) is 2.69. The molecule has 0 spiro atoms. The molecular formula is C13H18N2O3. The van der Waals surface area contributed by atoms with Crippen molar-refractivity contribution in [2.24, 2.45) is 5.73 Å². The second kappa shape index (κ2) is 5.73. The zero-order valence-electron chi connectivity index (χ0n) is 10.4. The van der Waals surface area contributed by atoms with Crippen LogP contribution in [0, 0.1) is 0 Å². The highest BCUT2D eigenvalue weighted by Crippen LogP contribution is 2.30. The summed E-state index contributed by atoms with van der Waals surface area (Å²) in [5.74, 6) is 1.33. The van der Waals surface area contributed by atoms with Crippen LogP contribution in [0.25, 0.3) is 0 Å². The van der Waals surface area contributed by atoms with Crippen LogP contribution in [-0.2, 0) is 11.3 Å². The van der Waals surface area contributed by atoms with Crippen molar-refractivity contribution in [2.45, 2.75) is 25.9 Å². The summed E-state index contributed by atoms with van der Waals surface area (Å²) in [4.78, 5) is 11.4. The number of benzene rings is 1.